The van der Waals surface area contributed by atoms with Gasteiger partial charge in [0.1, 0.15) is 0 Å². The Balaban J connectivity index is 2.20. The average molecular weight is 186 g/mol. The minimum Gasteiger partial charge on any atom is -0.481 e. The predicted octanol–water partition coefficient (Wildman–Crippen LogP) is -0.304. The number of aliphatic carboxylic acids is 1. The van der Waals surface area contributed by atoms with Gasteiger partial charge < -0.3 is 15.3 Å². The Morgan fingerprint density at radius 2 is 2.08 bits per heavy atom. The summed E-state index contributed by atoms with van der Waals surface area (Å²) in [5.74, 6) is -1.44. The zero-order valence-corrected chi connectivity index (χ0v) is 7.26. The molecule has 0 amide bonds. The van der Waals surface area contributed by atoms with Crippen LogP contribution in [0.15, 0.2) is 0 Å². The Labute approximate surface area is 76.2 Å². The van der Waals surface area contributed by atoms with E-state index in [-0.39, 0.29) is 24.4 Å². The lowest BCUT2D eigenvalue weighted by molar-refractivity contribution is -0.148. The number of aliphatic hydroxyl groups is 2. The van der Waals surface area contributed by atoms with Gasteiger partial charge >= 0.3 is 5.97 Å². The predicted molar refractivity (Wildman–Crippen MR) is 43.9 cm³/mol. The molecule has 0 heterocycles. The molecule has 2 saturated carbocycles. The second-order valence-corrected chi connectivity index (χ2v) is 4.17. The van der Waals surface area contributed by atoms with Gasteiger partial charge in [0.05, 0.1) is 12.0 Å². The Morgan fingerprint density at radius 3 is 2.62 bits per heavy atom. The number of hydrogen-bond donors (Lipinski definition) is 3. The van der Waals surface area contributed by atoms with E-state index in [1.165, 1.54) is 0 Å². The lowest BCUT2D eigenvalue weighted by atomic mass is 9.78. The summed E-state index contributed by atoms with van der Waals surface area (Å²) in [6.45, 7) is -0.0646. The molecule has 0 unspecified atom stereocenters. The van der Waals surface area contributed by atoms with Crippen LogP contribution in [0, 0.1) is 23.7 Å². The van der Waals surface area contributed by atoms with Crippen molar-refractivity contribution in [3.63, 3.8) is 0 Å². The molecule has 2 fully saturated rings. The van der Waals surface area contributed by atoms with E-state index in [2.05, 4.69) is 0 Å². The van der Waals surface area contributed by atoms with E-state index in [0.29, 0.717) is 6.42 Å². The van der Waals surface area contributed by atoms with Gasteiger partial charge in [-0.25, -0.2) is 0 Å². The quantitative estimate of drug-likeness (QED) is 0.553. The lowest BCUT2D eigenvalue weighted by Crippen LogP contribution is -2.37. The van der Waals surface area contributed by atoms with Crippen molar-refractivity contribution in [1.29, 1.82) is 0 Å². The standard InChI is InChI=1S/C9H14O4/c10-3-6-4-1-5(7(11)2-4)8(6)9(12)13/h4-8,10-11H,1-3H2,(H,12,13)/t4-,5+,6-,7+,8-/m1/s1. The maximum absolute atomic E-state index is 10.9. The zero-order chi connectivity index (χ0) is 9.59. The topological polar surface area (TPSA) is 77.8 Å². The van der Waals surface area contributed by atoms with Crippen LogP contribution >= 0.6 is 0 Å². The molecular weight excluding hydrogens is 172 g/mol. The van der Waals surface area contributed by atoms with Gasteiger partial charge in [0.2, 0.25) is 0 Å². The number of aliphatic hydroxyl groups excluding tert-OH is 2. The van der Waals surface area contributed by atoms with E-state index in [1.54, 1.807) is 0 Å². The van der Waals surface area contributed by atoms with Crippen molar-refractivity contribution in [3.05, 3.63) is 0 Å². The fourth-order valence-electron chi connectivity index (χ4n) is 3.06. The molecule has 0 aromatic rings. The van der Waals surface area contributed by atoms with Gasteiger partial charge in [-0.2, -0.15) is 0 Å². The molecule has 5 atom stereocenters. The molecule has 2 aliphatic rings. The van der Waals surface area contributed by atoms with Gasteiger partial charge in [0.25, 0.3) is 0 Å². The highest BCUT2D eigenvalue weighted by atomic mass is 16.4. The largest absolute Gasteiger partial charge is 0.481 e. The van der Waals surface area contributed by atoms with Crippen molar-refractivity contribution in [2.75, 3.05) is 6.61 Å². The first-order valence-electron chi connectivity index (χ1n) is 4.67. The van der Waals surface area contributed by atoms with Crippen molar-refractivity contribution in [2.24, 2.45) is 23.7 Å². The van der Waals surface area contributed by atoms with Crippen LogP contribution in [0.4, 0.5) is 0 Å². The molecule has 3 N–H and O–H groups in total. The monoisotopic (exact) mass is 186 g/mol. The first-order valence-corrected chi connectivity index (χ1v) is 4.67. The molecule has 0 aromatic carbocycles. The fraction of sp³-hybridized carbons (Fsp3) is 0.889. The van der Waals surface area contributed by atoms with Crippen molar-refractivity contribution in [3.8, 4) is 0 Å². The van der Waals surface area contributed by atoms with Gasteiger partial charge in [-0.15, -0.1) is 0 Å². The van der Waals surface area contributed by atoms with Crippen LogP contribution in [0.3, 0.4) is 0 Å². The number of rotatable bonds is 2. The molecule has 74 valence electrons. The molecule has 2 rings (SSSR count). The minimum absolute atomic E-state index is 0.0646. The van der Waals surface area contributed by atoms with E-state index in [4.69, 9.17) is 10.2 Å². The smallest absolute Gasteiger partial charge is 0.307 e. The number of fused-ring (bicyclic) bond motifs is 2. The number of carboxylic acid groups (broad SMARTS) is 1. The number of carboxylic acids is 1. The summed E-state index contributed by atoms with van der Waals surface area (Å²) in [6, 6.07) is 0. The summed E-state index contributed by atoms with van der Waals surface area (Å²) < 4.78 is 0. The minimum atomic E-state index is -0.870. The molecular formula is C9H14O4. The average Bonchev–Trinajstić information content (AvgIpc) is 2.58. The van der Waals surface area contributed by atoms with Gasteiger partial charge in [0, 0.05) is 6.61 Å². The third-order valence-electron chi connectivity index (χ3n) is 3.64. The molecule has 4 heteroatoms. The molecule has 0 radical (unpaired) electrons. The summed E-state index contributed by atoms with van der Waals surface area (Å²) in [7, 11) is 0. The summed E-state index contributed by atoms with van der Waals surface area (Å²) >= 11 is 0. The Kier molecular flexibility index (Phi) is 2.04. The third-order valence-corrected chi connectivity index (χ3v) is 3.64. The van der Waals surface area contributed by atoms with Crippen LogP contribution in [0.2, 0.25) is 0 Å². The first kappa shape index (κ1) is 8.97. The maximum atomic E-state index is 10.9. The molecule has 0 spiro atoms. The van der Waals surface area contributed by atoms with E-state index >= 15 is 0 Å². The van der Waals surface area contributed by atoms with Crippen LogP contribution < -0.4 is 0 Å². The number of hydrogen-bond acceptors (Lipinski definition) is 3. The molecule has 4 nitrogen and oxygen atoms in total. The van der Waals surface area contributed by atoms with Crippen molar-refractivity contribution < 1.29 is 20.1 Å². The van der Waals surface area contributed by atoms with E-state index in [0.717, 1.165) is 6.42 Å². The van der Waals surface area contributed by atoms with Gasteiger partial charge in [-0.3, -0.25) is 4.79 Å². The van der Waals surface area contributed by atoms with E-state index in [9.17, 15) is 9.90 Å². The highest BCUT2D eigenvalue weighted by Gasteiger charge is 2.54. The molecule has 0 aromatic heterocycles. The molecule has 13 heavy (non-hydrogen) atoms. The number of carbonyl (C=O) groups is 1. The normalized spacial score (nSPS) is 48.3. The zero-order valence-electron chi connectivity index (χ0n) is 7.26. The lowest BCUT2D eigenvalue weighted by Gasteiger charge is -2.29. The second-order valence-electron chi connectivity index (χ2n) is 4.17. The first-order chi connectivity index (χ1) is 6.15. The van der Waals surface area contributed by atoms with Crippen LogP contribution in [0.5, 0.6) is 0 Å². The molecule has 2 bridgehead atoms. The SMILES string of the molecule is O=C(O)[C@H]1[C@H](CO)[C@@H]2C[C@H]1[C@@H](O)C2. The third kappa shape index (κ3) is 1.16. The van der Waals surface area contributed by atoms with Crippen LogP contribution in [0.25, 0.3) is 0 Å². The van der Waals surface area contributed by atoms with Gasteiger partial charge in [0.15, 0.2) is 0 Å². The van der Waals surface area contributed by atoms with E-state index < -0.39 is 18.0 Å². The summed E-state index contributed by atoms with van der Waals surface area (Å²) in [5, 5.41) is 27.5. The van der Waals surface area contributed by atoms with Crippen molar-refractivity contribution in [1.82, 2.24) is 0 Å². The van der Waals surface area contributed by atoms with Crippen molar-refractivity contribution >= 4 is 5.97 Å². The van der Waals surface area contributed by atoms with Crippen molar-refractivity contribution in [2.45, 2.75) is 18.9 Å². The summed E-state index contributed by atoms with van der Waals surface area (Å²) in [4.78, 5) is 10.9. The van der Waals surface area contributed by atoms with Gasteiger partial charge in [-0.1, -0.05) is 0 Å². The summed E-state index contributed by atoms with van der Waals surface area (Å²) in [6.07, 6.45) is 0.970. The Hall–Kier alpha value is -0.610. The van der Waals surface area contributed by atoms with Crippen LogP contribution in [-0.4, -0.2) is 34.0 Å². The van der Waals surface area contributed by atoms with Gasteiger partial charge in [-0.05, 0) is 30.6 Å². The maximum Gasteiger partial charge on any atom is 0.307 e. The molecule has 0 saturated heterocycles. The highest BCUT2D eigenvalue weighted by molar-refractivity contribution is 5.71. The highest BCUT2D eigenvalue weighted by Crippen LogP contribution is 2.52. The fourth-order valence-corrected chi connectivity index (χ4v) is 3.06. The molecule has 0 aliphatic heterocycles. The van der Waals surface area contributed by atoms with E-state index in [1.807, 2.05) is 0 Å². The second kappa shape index (κ2) is 2.96. The molecule has 2 aliphatic carbocycles. The summed E-state index contributed by atoms with van der Waals surface area (Å²) in [5.41, 5.74) is 0. The Bertz CT molecular complexity index is 226. The Morgan fingerprint density at radius 1 is 1.38 bits per heavy atom. The van der Waals surface area contributed by atoms with Crippen LogP contribution in [-0.2, 0) is 4.79 Å². The van der Waals surface area contributed by atoms with Crippen LogP contribution in [0.1, 0.15) is 12.8 Å².